The first-order chi connectivity index (χ1) is 61.0. The van der Waals surface area contributed by atoms with E-state index in [0.717, 1.165) is 0 Å². The van der Waals surface area contributed by atoms with Gasteiger partial charge in [0.1, 0.15) is 0 Å². The largest absolute Gasteiger partial charge is 1.00 e. The molecule has 0 rings (SSSR count). The monoisotopic (exact) mass is 1870 g/mol. The fourth-order valence-corrected chi connectivity index (χ4v) is 0. The van der Waals surface area contributed by atoms with Crippen molar-refractivity contribution in [2.45, 2.75) is 845 Å². The fraction of sp³-hybridized carbons (Fsp3) is 1.00. The molecule has 0 heterocycles. The van der Waals surface area contributed by atoms with Crippen molar-refractivity contribution >= 4 is 0 Å². The Labute approximate surface area is 890 Å². The SMILES string of the molecule is CC.CC.CC.CC.CC.CC.CC.CC.CC.CC.CC.CC.CC.CC.CC.CC.CC.CC.CC.CC.CC.CC.CC.CC.CC.CC.CC.CC.CC.CC.CC.CC.CC.CC.CC.CC.CC.CC.CC.CC.CC.CC.CC.CC.CC.CC.CC.CC.CC.CC.CC.CC.CC.CC.CC.CC.CC.CC.CC.CC.CC.[H-].[K+]. The molecule has 856 valence electrons. The molecule has 0 aliphatic rings. The number of rotatable bonds is 0. The summed E-state index contributed by atoms with van der Waals surface area (Å²) in [4.78, 5) is 0. The van der Waals surface area contributed by atoms with Gasteiger partial charge >= 0.3 is 51.4 Å². The summed E-state index contributed by atoms with van der Waals surface area (Å²) in [5.41, 5.74) is 0. The van der Waals surface area contributed by atoms with Gasteiger partial charge < -0.3 is 1.43 Å². The van der Waals surface area contributed by atoms with E-state index in [4.69, 9.17) is 0 Å². The summed E-state index contributed by atoms with van der Waals surface area (Å²) in [6, 6.07) is 0. The van der Waals surface area contributed by atoms with Gasteiger partial charge in [0.25, 0.3) is 0 Å². The van der Waals surface area contributed by atoms with E-state index < -0.39 is 0 Å². The van der Waals surface area contributed by atoms with Crippen LogP contribution in [0.4, 0.5) is 0 Å². The summed E-state index contributed by atoms with van der Waals surface area (Å²) in [6.45, 7) is 244. The summed E-state index contributed by atoms with van der Waals surface area (Å²) in [5, 5.41) is 0. The van der Waals surface area contributed by atoms with Crippen LogP contribution in [0.15, 0.2) is 0 Å². The average molecular weight is 1870 g/mol. The van der Waals surface area contributed by atoms with Crippen molar-refractivity contribution in [3.05, 3.63) is 0 Å². The Morgan fingerprint density at radius 2 is 0.0325 bits per heavy atom. The van der Waals surface area contributed by atoms with Gasteiger partial charge in [0.05, 0.1) is 0 Å². The van der Waals surface area contributed by atoms with E-state index in [-0.39, 0.29) is 52.8 Å². The Balaban J connectivity index is -0.00000000500. The van der Waals surface area contributed by atoms with Crippen LogP contribution in [0.2, 0.25) is 0 Å². The molecule has 0 saturated carbocycles. The van der Waals surface area contributed by atoms with Crippen LogP contribution in [0, 0.1) is 0 Å². The van der Waals surface area contributed by atoms with Crippen molar-refractivity contribution in [2.24, 2.45) is 0 Å². The molecule has 0 amide bonds. The minimum atomic E-state index is 0. The van der Waals surface area contributed by atoms with E-state index in [9.17, 15) is 0 Å². The smallest absolute Gasteiger partial charge is 1.00 e. The third-order valence-electron chi connectivity index (χ3n) is 0. The summed E-state index contributed by atoms with van der Waals surface area (Å²) >= 11 is 0. The summed E-state index contributed by atoms with van der Waals surface area (Å²) < 4.78 is 0. The second-order valence-corrected chi connectivity index (χ2v) is 0. The van der Waals surface area contributed by atoms with Crippen LogP contribution in [0.3, 0.4) is 0 Å². The van der Waals surface area contributed by atoms with E-state index in [1.165, 1.54) is 0 Å². The second-order valence-electron chi connectivity index (χ2n) is 0. The van der Waals surface area contributed by atoms with Gasteiger partial charge in [-0.05, 0) is 0 Å². The molecule has 0 aliphatic carbocycles. The minimum absolute atomic E-state index is 0. The molecule has 0 N–H and O–H groups in total. The van der Waals surface area contributed by atoms with Gasteiger partial charge in [-0.15, -0.1) is 0 Å². The Kier molecular flexibility index (Phi) is 2740000. The quantitative estimate of drug-likeness (QED) is 0.212. The number of hydrogen-bond acceptors (Lipinski definition) is 0. The first-order valence-corrected chi connectivity index (χ1v) is 61.0. The zero-order valence-electron chi connectivity index (χ0n) is 124. The van der Waals surface area contributed by atoms with E-state index in [0.29, 0.717) is 0 Å². The van der Waals surface area contributed by atoms with Crippen LogP contribution in [-0.4, -0.2) is 0 Å². The predicted molar refractivity (Wildman–Crippen MR) is 693 cm³/mol. The Morgan fingerprint density at radius 3 is 0.0325 bits per heavy atom. The normalized spacial score (nSPS) is 2.98. The first-order valence-electron chi connectivity index (χ1n) is 61.0. The van der Waals surface area contributed by atoms with Crippen molar-refractivity contribution in [1.82, 2.24) is 0 Å². The van der Waals surface area contributed by atoms with Crippen LogP contribution < -0.4 is 51.4 Å². The van der Waals surface area contributed by atoms with Gasteiger partial charge in [-0.3, -0.25) is 0 Å². The topological polar surface area (TPSA) is 0 Å². The summed E-state index contributed by atoms with van der Waals surface area (Å²) in [5.74, 6) is 0. The van der Waals surface area contributed by atoms with Gasteiger partial charge in [-0.25, -0.2) is 0 Å². The Hall–Kier alpha value is 1.64. The van der Waals surface area contributed by atoms with Crippen molar-refractivity contribution in [1.29, 1.82) is 0 Å². The second kappa shape index (κ2) is 694000. The van der Waals surface area contributed by atoms with E-state index in [1.807, 2.05) is 845 Å². The molecule has 123 heavy (non-hydrogen) atoms. The van der Waals surface area contributed by atoms with E-state index >= 15 is 0 Å². The molecular weight excluding hydrogens is 1500 g/mol. The maximum absolute atomic E-state index is 2.00. The first kappa shape index (κ1) is 486. The van der Waals surface area contributed by atoms with E-state index in [1.54, 1.807) is 0 Å². The summed E-state index contributed by atoms with van der Waals surface area (Å²) in [7, 11) is 0. The third kappa shape index (κ3) is 683000. The van der Waals surface area contributed by atoms with Crippen molar-refractivity contribution in [2.75, 3.05) is 0 Å². The molecule has 0 spiro atoms. The van der Waals surface area contributed by atoms with E-state index in [2.05, 4.69) is 0 Å². The average Bonchev–Trinajstić information content (AvgIpc) is 4.01. The molecule has 0 aromatic carbocycles. The van der Waals surface area contributed by atoms with Crippen molar-refractivity contribution < 1.29 is 52.8 Å². The molecule has 0 aliphatic heterocycles. The Bertz CT molecular complexity index is 16.8. The molecular formula is C122H367K. The molecule has 0 saturated heterocycles. The predicted octanol–water partition coefficient (Wildman–Crippen LogP) is 59.7. The molecule has 1 heteroatoms. The van der Waals surface area contributed by atoms with Crippen LogP contribution in [0.1, 0.15) is 846 Å². The fourth-order valence-electron chi connectivity index (χ4n) is 0. The zero-order valence-corrected chi connectivity index (χ0v) is 126. The maximum atomic E-state index is 2.00. The molecule has 0 fully saturated rings. The molecule has 0 atom stereocenters. The zero-order chi connectivity index (χ0) is 122. The van der Waals surface area contributed by atoms with Gasteiger partial charge in [-0.2, -0.15) is 0 Å². The third-order valence-corrected chi connectivity index (χ3v) is 0. The molecule has 0 bridgehead atoms. The maximum Gasteiger partial charge on any atom is 1.00 e. The Morgan fingerprint density at radius 1 is 0.0325 bits per heavy atom. The minimum Gasteiger partial charge on any atom is -1.00 e. The van der Waals surface area contributed by atoms with Gasteiger partial charge in [0, 0.05) is 0 Å². The van der Waals surface area contributed by atoms with Crippen LogP contribution in [-0.2, 0) is 0 Å². The molecule has 0 radical (unpaired) electrons. The molecule has 0 aromatic heterocycles. The standard InChI is InChI=1S/61C2H6.K.H/c61*1-2;;/h61*1-2H3;;/q;;;;;;;;;;;;;;;;;;;;;;;;;;;;;;;;;;;;;;;;;;;;;;;;;;;;;;;;;;;;;+1;-1. The summed E-state index contributed by atoms with van der Waals surface area (Å²) in [6.07, 6.45) is 0. The van der Waals surface area contributed by atoms with Crippen LogP contribution in [0.5, 0.6) is 0 Å². The molecule has 0 aromatic rings. The molecule has 0 nitrogen and oxygen atoms in total. The van der Waals surface area contributed by atoms with Gasteiger partial charge in [-0.1, -0.05) is 845 Å². The van der Waals surface area contributed by atoms with Crippen LogP contribution >= 0.6 is 0 Å². The van der Waals surface area contributed by atoms with Crippen molar-refractivity contribution in [3.63, 3.8) is 0 Å². The van der Waals surface area contributed by atoms with Crippen LogP contribution in [0.25, 0.3) is 0 Å². The molecule has 0 unspecified atom stereocenters. The van der Waals surface area contributed by atoms with Gasteiger partial charge in [0.2, 0.25) is 0 Å². The number of hydrogen-bond donors (Lipinski definition) is 0. The van der Waals surface area contributed by atoms with Crippen molar-refractivity contribution in [3.8, 4) is 0 Å². The van der Waals surface area contributed by atoms with Gasteiger partial charge in [0.15, 0.2) is 0 Å².